The van der Waals surface area contributed by atoms with Gasteiger partial charge in [-0.05, 0) is 25.5 Å². The van der Waals surface area contributed by atoms with Gasteiger partial charge < -0.3 is 4.74 Å². The third-order valence-corrected chi connectivity index (χ3v) is 2.93. The number of pyridine rings is 1. The Morgan fingerprint density at radius 1 is 1.53 bits per heavy atom. The van der Waals surface area contributed by atoms with Crippen LogP contribution in [0.25, 0.3) is 0 Å². The van der Waals surface area contributed by atoms with Crippen molar-refractivity contribution in [3.63, 3.8) is 0 Å². The molecule has 0 amide bonds. The molecular weight excluding hydrogens is 208 g/mol. The fourth-order valence-electron chi connectivity index (χ4n) is 1.10. The van der Waals surface area contributed by atoms with E-state index in [-0.39, 0.29) is 0 Å². The van der Waals surface area contributed by atoms with Crippen LogP contribution in [0.2, 0.25) is 0 Å². The average Bonchev–Trinajstić information content (AvgIpc) is 2.25. The quantitative estimate of drug-likeness (QED) is 0.567. The fraction of sp³-hybridized carbons (Fsp3) is 0.455. The van der Waals surface area contributed by atoms with Gasteiger partial charge in [0, 0.05) is 25.2 Å². The van der Waals surface area contributed by atoms with Gasteiger partial charge in [0.05, 0.1) is 5.56 Å². The number of thioether (sulfide) groups is 1. The summed E-state index contributed by atoms with van der Waals surface area (Å²) in [7, 11) is 1.69. The highest BCUT2D eigenvalue weighted by atomic mass is 32.2. The first kappa shape index (κ1) is 12.0. The Labute approximate surface area is 94.5 Å². The molecule has 1 heterocycles. The van der Waals surface area contributed by atoms with Crippen molar-refractivity contribution in [3.05, 3.63) is 23.4 Å². The van der Waals surface area contributed by atoms with Crippen LogP contribution in [0.1, 0.15) is 17.7 Å². The highest BCUT2D eigenvalue weighted by Gasteiger charge is 2.04. The van der Waals surface area contributed by atoms with Crippen molar-refractivity contribution in [1.82, 2.24) is 4.98 Å². The Morgan fingerprint density at radius 2 is 2.33 bits per heavy atom. The van der Waals surface area contributed by atoms with E-state index >= 15 is 0 Å². The lowest BCUT2D eigenvalue weighted by Gasteiger charge is -2.03. The highest BCUT2D eigenvalue weighted by Crippen LogP contribution is 2.20. The lowest BCUT2D eigenvalue weighted by atomic mass is 10.3. The van der Waals surface area contributed by atoms with Crippen LogP contribution in [0.3, 0.4) is 0 Å². The maximum atomic E-state index is 8.88. The SMILES string of the molecule is COCCCSc1nc(C)ccc1C#N. The molecular formula is C11H14N2OS. The molecule has 80 valence electrons. The Bertz CT molecular complexity index is 360. The van der Waals surface area contributed by atoms with E-state index in [4.69, 9.17) is 10.00 Å². The van der Waals surface area contributed by atoms with E-state index in [1.807, 2.05) is 19.1 Å². The molecule has 0 saturated heterocycles. The molecule has 1 rings (SSSR count). The number of nitrogens with zero attached hydrogens (tertiary/aromatic N) is 2. The van der Waals surface area contributed by atoms with Crippen molar-refractivity contribution in [2.45, 2.75) is 18.4 Å². The number of rotatable bonds is 5. The number of aryl methyl sites for hydroxylation is 1. The molecule has 3 nitrogen and oxygen atoms in total. The van der Waals surface area contributed by atoms with Crippen molar-refractivity contribution < 1.29 is 4.74 Å². The molecule has 4 heteroatoms. The van der Waals surface area contributed by atoms with Crippen molar-refractivity contribution in [2.75, 3.05) is 19.5 Å². The van der Waals surface area contributed by atoms with Gasteiger partial charge in [-0.15, -0.1) is 11.8 Å². The van der Waals surface area contributed by atoms with E-state index in [1.54, 1.807) is 18.9 Å². The summed E-state index contributed by atoms with van der Waals surface area (Å²) in [4.78, 5) is 4.34. The molecule has 0 spiro atoms. The second-order valence-electron chi connectivity index (χ2n) is 3.11. The molecule has 0 aliphatic rings. The van der Waals surface area contributed by atoms with E-state index in [2.05, 4.69) is 11.1 Å². The Kier molecular flexibility index (Phi) is 5.16. The number of hydrogen-bond donors (Lipinski definition) is 0. The summed E-state index contributed by atoms with van der Waals surface area (Å²) in [5.74, 6) is 0.930. The van der Waals surface area contributed by atoms with Crippen LogP contribution in [-0.4, -0.2) is 24.5 Å². The van der Waals surface area contributed by atoms with Crippen molar-refractivity contribution in [1.29, 1.82) is 5.26 Å². The zero-order valence-electron chi connectivity index (χ0n) is 8.99. The second kappa shape index (κ2) is 6.44. The van der Waals surface area contributed by atoms with Gasteiger partial charge in [0.15, 0.2) is 0 Å². The van der Waals surface area contributed by atoms with Gasteiger partial charge in [0.1, 0.15) is 11.1 Å². The summed E-state index contributed by atoms with van der Waals surface area (Å²) >= 11 is 1.61. The molecule has 0 bridgehead atoms. The second-order valence-corrected chi connectivity index (χ2v) is 4.20. The standard InChI is InChI=1S/C11H14N2OS/c1-9-4-5-10(8-12)11(13-9)15-7-3-6-14-2/h4-5H,3,6-7H2,1-2H3. The van der Waals surface area contributed by atoms with Gasteiger partial charge in [0.2, 0.25) is 0 Å². The third kappa shape index (κ3) is 3.90. The molecule has 0 aliphatic carbocycles. The largest absolute Gasteiger partial charge is 0.385 e. The Balaban J connectivity index is 2.59. The first-order valence-corrected chi connectivity index (χ1v) is 5.76. The minimum absolute atomic E-state index is 0.656. The molecule has 0 aromatic carbocycles. The van der Waals surface area contributed by atoms with E-state index in [1.165, 1.54) is 0 Å². The molecule has 0 aliphatic heterocycles. The zero-order chi connectivity index (χ0) is 11.1. The molecule has 0 radical (unpaired) electrons. The summed E-state index contributed by atoms with van der Waals surface area (Å²) in [6.45, 7) is 2.68. The number of methoxy groups -OCH3 is 1. The fourth-order valence-corrected chi connectivity index (χ4v) is 2.03. The van der Waals surface area contributed by atoms with Gasteiger partial charge in [-0.25, -0.2) is 4.98 Å². The monoisotopic (exact) mass is 222 g/mol. The molecule has 0 fully saturated rings. The topological polar surface area (TPSA) is 45.9 Å². The number of nitriles is 1. The van der Waals surface area contributed by atoms with E-state index in [0.717, 1.165) is 29.5 Å². The summed E-state index contributed by atoms with van der Waals surface area (Å²) in [6, 6.07) is 5.83. The minimum atomic E-state index is 0.656. The molecule has 0 unspecified atom stereocenters. The molecule has 1 aromatic rings. The number of hydrogen-bond acceptors (Lipinski definition) is 4. The summed E-state index contributed by atoms with van der Waals surface area (Å²) in [6.07, 6.45) is 0.974. The Hall–Kier alpha value is -1.05. The van der Waals surface area contributed by atoms with Crippen molar-refractivity contribution in [2.24, 2.45) is 0 Å². The Morgan fingerprint density at radius 3 is 3.00 bits per heavy atom. The predicted molar refractivity (Wildman–Crippen MR) is 60.9 cm³/mol. The summed E-state index contributed by atoms with van der Waals surface area (Å²) < 4.78 is 4.96. The molecule has 0 atom stereocenters. The van der Waals surface area contributed by atoms with Crippen molar-refractivity contribution in [3.8, 4) is 6.07 Å². The van der Waals surface area contributed by atoms with Crippen LogP contribution >= 0.6 is 11.8 Å². The van der Waals surface area contributed by atoms with Gasteiger partial charge in [-0.1, -0.05) is 0 Å². The predicted octanol–water partition coefficient (Wildman–Crippen LogP) is 2.39. The molecule has 0 N–H and O–H groups in total. The van der Waals surface area contributed by atoms with Crippen LogP contribution in [-0.2, 0) is 4.74 Å². The smallest absolute Gasteiger partial charge is 0.114 e. The van der Waals surface area contributed by atoms with E-state index in [9.17, 15) is 0 Å². The maximum Gasteiger partial charge on any atom is 0.114 e. The van der Waals surface area contributed by atoms with E-state index < -0.39 is 0 Å². The zero-order valence-corrected chi connectivity index (χ0v) is 9.80. The van der Waals surface area contributed by atoms with Crippen LogP contribution in [0.5, 0.6) is 0 Å². The van der Waals surface area contributed by atoms with Gasteiger partial charge >= 0.3 is 0 Å². The van der Waals surface area contributed by atoms with Crippen LogP contribution in [0, 0.1) is 18.3 Å². The molecule has 1 aromatic heterocycles. The first-order chi connectivity index (χ1) is 7.27. The normalized spacial score (nSPS) is 9.93. The number of ether oxygens (including phenoxy) is 1. The van der Waals surface area contributed by atoms with Crippen molar-refractivity contribution >= 4 is 11.8 Å². The maximum absolute atomic E-state index is 8.88. The third-order valence-electron chi connectivity index (χ3n) is 1.85. The van der Waals surface area contributed by atoms with Crippen LogP contribution in [0.15, 0.2) is 17.2 Å². The van der Waals surface area contributed by atoms with Gasteiger partial charge in [-0.3, -0.25) is 0 Å². The number of aromatic nitrogens is 1. The summed E-state index contributed by atoms with van der Waals surface area (Å²) in [5, 5.41) is 9.71. The lowest BCUT2D eigenvalue weighted by molar-refractivity contribution is 0.200. The van der Waals surface area contributed by atoms with Gasteiger partial charge in [-0.2, -0.15) is 5.26 Å². The minimum Gasteiger partial charge on any atom is -0.385 e. The van der Waals surface area contributed by atoms with Crippen LogP contribution in [0.4, 0.5) is 0 Å². The lowest BCUT2D eigenvalue weighted by Crippen LogP contribution is -1.94. The summed E-state index contributed by atoms with van der Waals surface area (Å²) in [5.41, 5.74) is 1.60. The van der Waals surface area contributed by atoms with Gasteiger partial charge in [0.25, 0.3) is 0 Å². The molecule has 15 heavy (non-hydrogen) atoms. The first-order valence-electron chi connectivity index (χ1n) is 4.77. The average molecular weight is 222 g/mol. The molecule has 0 saturated carbocycles. The van der Waals surface area contributed by atoms with Crippen LogP contribution < -0.4 is 0 Å². The van der Waals surface area contributed by atoms with E-state index in [0.29, 0.717) is 5.56 Å². The highest BCUT2D eigenvalue weighted by molar-refractivity contribution is 7.99.